The van der Waals surface area contributed by atoms with Gasteiger partial charge in [0, 0.05) is 29.2 Å². The minimum atomic E-state index is -0.300. The number of aromatic nitrogens is 4. The summed E-state index contributed by atoms with van der Waals surface area (Å²) in [6.45, 7) is 6.17. The Hall–Kier alpha value is -3.25. The van der Waals surface area contributed by atoms with E-state index in [1.807, 2.05) is 47.9 Å². The second-order valence-corrected chi connectivity index (χ2v) is 8.88. The lowest BCUT2D eigenvalue weighted by Crippen LogP contribution is -2.14. The van der Waals surface area contributed by atoms with E-state index in [-0.39, 0.29) is 11.0 Å². The number of thioether (sulfide) groups is 1. The van der Waals surface area contributed by atoms with Gasteiger partial charge in [0.15, 0.2) is 16.8 Å². The molecule has 0 spiro atoms. The fraction of sp³-hybridized carbons (Fsp3) is 0.231. The number of carbonyl (C=O) groups excluding carboxylic acids is 1. The summed E-state index contributed by atoms with van der Waals surface area (Å²) in [7, 11) is 0. The van der Waals surface area contributed by atoms with E-state index < -0.39 is 0 Å². The maximum absolute atomic E-state index is 13.1. The predicted octanol–water partition coefficient (Wildman–Crippen LogP) is 5.82. The van der Waals surface area contributed by atoms with E-state index in [2.05, 4.69) is 53.3 Å². The topological polar surface area (TPSA) is 60.7 Å². The molecule has 0 aliphatic carbocycles. The maximum Gasteiger partial charge on any atom is 0.196 e. The number of carbonyl (C=O) groups is 1. The minimum absolute atomic E-state index is 0.0824. The van der Waals surface area contributed by atoms with Gasteiger partial charge in [0.1, 0.15) is 0 Å². The zero-order valence-corrected chi connectivity index (χ0v) is 19.3. The number of aryl methyl sites for hydroxylation is 2. The van der Waals surface area contributed by atoms with Crippen LogP contribution >= 0.6 is 11.8 Å². The van der Waals surface area contributed by atoms with Gasteiger partial charge in [-0.25, -0.2) is 0 Å². The highest BCUT2D eigenvalue weighted by Crippen LogP contribution is 2.31. The number of nitrogens with zero attached hydrogens (tertiary/aromatic N) is 4. The Morgan fingerprint density at radius 3 is 2.06 bits per heavy atom. The molecule has 0 aliphatic rings. The molecule has 1 atom stereocenters. The molecule has 2 aromatic carbocycles. The first-order valence-corrected chi connectivity index (χ1v) is 11.7. The van der Waals surface area contributed by atoms with Crippen molar-refractivity contribution in [3.8, 4) is 17.1 Å². The molecule has 0 fully saturated rings. The van der Waals surface area contributed by atoms with Gasteiger partial charge < -0.3 is 0 Å². The Morgan fingerprint density at radius 2 is 1.47 bits per heavy atom. The van der Waals surface area contributed by atoms with Crippen LogP contribution in [-0.4, -0.2) is 30.8 Å². The van der Waals surface area contributed by atoms with Crippen LogP contribution in [0.1, 0.15) is 42.3 Å². The van der Waals surface area contributed by atoms with E-state index in [4.69, 9.17) is 0 Å². The minimum Gasteiger partial charge on any atom is -0.293 e. The number of pyridine rings is 1. The van der Waals surface area contributed by atoms with Crippen molar-refractivity contribution in [2.24, 2.45) is 0 Å². The fourth-order valence-corrected chi connectivity index (χ4v) is 4.44. The Labute approximate surface area is 192 Å². The smallest absolute Gasteiger partial charge is 0.196 e. The highest BCUT2D eigenvalue weighted by molar-refractivity contribution is 8.00. The van der Waals surface area contributed by atoms with Crippen molar-refractivity contribution in [2.75, 3.05) is 0 Å². The fourth-order valence-electron chi connectivity index (χ4n) is 3.50. The normalized spacial score (nSPS) is 12.0. The van der Waals surface area contributed by atoms with Crippen molar-refractivity contribution < 1.29 is 4.79 Å². The third-order valence-electron chi connectivity index (χ3n) is 5.47. The van der Waals surface area contributed by atoms with Crippen LogP contribution < -0.4 is 0 Å². The standard InChI is InChI=1S/C26H26N4OS/c1-4-19-6-10-21(11-7-19)24(31)18(3)32-26-29-28-25(22-14-16-27-17-15-22)30(26)23-12-8-20(5-2)9-13-23/h6-18H,4-5H2,1-3H3. The van der Waals surface area contributed by atoms with Crippen LogP contribution in [0, 0.1) is 0 Å². The first-order chi connectivity index (χ1) is 15.6. The Morgan fingerprint density at radius 1 is 0.875 bits per heavy atom. The summed E-state index contributed by atoms with van der Waals surface area (Å²) in [4.78, 5) is 17.2. The summed E-state index contributed by atoms with van der Waals surface area (Å²) in [6, 6.07) is 20.1. The summed E-state index contributed by atoms with van der Waals surface area (Å²) >= 11 is 1.43. The monoisotopic (exact) mass is 442 g/mol. The van der Waals surface area contributed by atoms with E-state index in [1.54, 1.807) is 12.4 Å². The van der Waals surface area contributed by atoms with Gasteiger partial charge in [0.25, 0.3) is 0 Å². The number of Topliss-reactive ketones (excluding diaryl/α,β-unsaturated/α-hetero) is 1. The molecular weight excluding hydrogens is 416 g/mol. The predicted molar refractivity (Wildman–Crippen MR) is 129 cm³/mol. The van der Waals surface area contributed by atoms with E-state index in [9.17, 15) is 4.79 Å². The highest BCUT2D eigenvalue weighted by atomic mass is 32.2. The molecule has 0 bridgehead atoms. The first-order valence-electron chi connectivity index (χ1n) is 10.9. The average molecular weight is 443 g/mol. The van der Waals surface area contributed by atoms with Gasteiger partial charge in [0.2, 0.25) is 0 Å². The quantitative estimate of drug-likeness (QED) is 0.254. The van der Waals surface area contributed by atoms with Crippen molar-refractivity contribution in [2.45, 2.75) is 44.0 Å². The van der Waals surface area contributed by atoms with Crippen LogP contribution in [-0.2, 0) is 12.8 Å². The van der Waals surface area contributed by atoms with Crippen molar-refractivity contribution in [3.05, 3.63) is 89.7 Å². The van der Waals surface area contributed by atoms with E-state index >= 15 is 0 Å². The lowest BCUT2D eigenvalue weighted by atomic mass is 10.1. The van der Waals surface area contributed by atoms with E-state index in [0.717, 1.165) is 35.5 Å². The number of rotatable bonds is 8. The molecule has 4 aromatic rings. The largest absolute Gasteiger partial charge is 0.293 e. The average Bonchev–Trinajstić information content (AvgIpc) is 3.27. The molecule has 32 heavy (non-hydrogen) atoms. The Balaban J connectivity index is 1.68. The molecule has 0 saturated heterocycles. The van der Waals surface area contributed by atoms with Crippen LogP contribution in [0.4, 0.5) is 0 Å². The number of benzene rings is 2. The Bertz CT molecular complexity index is 1180. The molecule has 0 radical (unpaired) electrons. The molecule has 2 aromatic heterocycles. The lowest BCUT2D eigenvalue weighted by molar-refractivity contribution is 0.0994. The molecule has 6 heteroatoms. The van der Waals surface area contributed by atoms with Crippen LogP contribution in [0.15, 0.2) is 78.2 Å². The van der Waals surface area contributed by atoms with Crippen molar-refractivity contribution >= 4 is 17.5 Å². The number of ketones is 1. The van der Waals surface area contributed by atoms with Crippen molar-refractivity contribution in [1.29, 1.82) is 0 Å². The molecule has 0 saturated carbocycles. The Kier molecular flexibility index (Phi) is 6.81. The van der Waals surface area contributed by atoms with Gasteiger partial charge in [-0.15, -0.1) is 10.2 Å². The van der Waals surface area contributed by atoms with Crippen molar-refractivity contribution in [3.63, 3.8) is 0 Å². The summed E-state index contributed by atoms with van der Waals surface area (Å²) in [5, 5.41) is 9.31. The zero-order chi connectivity index (χ0) is 22.5. The third kappa shape index (κ3) is 4.65. The SMILES string of the molecule is CCc1ccc(C(=O)C(C)Sc2nnc(-c3ccncc3)n2-c2ccc(CC)cc2)cc1. The van der Waals surface area contributed by atoms with Gasteiger partial charge in [0.05, 0.1) is 5.25 Å². The van der Waals surface area contributed by atoms with Crippen LogP contribution in [0.2, 0.25) is 0 Å². The second kappa shape index (κ2) is 9.92. The molecule has 4 rings (SSSR count). The molecule has 0 amide bonds. The molecule has 162 valence electrons. The van der Waals surface area contributed by atoms with Gasteiger partial charge in [-0.1, -0.05) is 62.0 Å². The van der Waals surface area contributed by atoms with Crippen LogP contribution in [0.3, 0.4) is 0 Å². The summed E-state index contributed by atoms with van der Waals surface area (Å²) < 4.78 is 2.02. The highest BCUT2D eigenvalue weighted by Gasteiger charge is 2.22. The van der Waals surface area contributed by atoms with E-state index in [0.29, 0.717) is 5.16 Å². The molecule has 2 heterocycles. The molecular formula is C26H26N4OS. The van der Waals surface area contributed by atoms with Crippen molar-refractivity contribution in [1.82, 2.24) is 19.7 Å². The van der Waals surface area contributed by atoms with E-state index in [1.165, 1.54) is 22.9 Å². The van der Waals surface area contributed by atoms with Crippen LogP contribution in [0.5, 0.6) is 0 Å². The zero-order valence-electron chi connectivity index (χ0n) is 18.5. The van der Waals surface area contributed by atoms with Crippen LogP contribution in [0.25, 0.3) is 17.1 Å². The summed E-state index contributed by atoms with van der Waals surface area (Å²) in [5.74, 6) is 0.810. The maximum atomic E-state index is 13.1. The number of hydrogen-bond acceptors (Lipinski definition) is 5. The summed E-state index contributed by atoms with van der Waals surface area (Å²) in [6.07, 6.45) is 5.42. The lowest BCUT2D eigenvalue weighted by Gasteiger charge is -2.14. The molecule has 1 unspecified atom stereocenters. The molecule has 0 aliphatic heterocycles. The van der Waals surface area contributed by atoms with Gasteiger partial charge in [-0.05, 0) is 55.2 Å². The third-order valence-corrected chi connectivity index (χ3v) is 6.52. The van der Waals surface area contributed by atoms with Gasteiger partial charge in [-0.2, -0.15) is 0 Å². The molecule has 0 N–H and O–H groups in total. The molecule has 5 nitrogen and oxygen atoms in total. The summed E-state index contributed by atoms with van der Waals surface area (Å²) in [5.41, 5.74) is 5.09. The second-order valence-electron chi connectivity index (χ2n) is 7.57. The van der Waals surface area contributed by atoms with Gasteiger partial charge in [-0.3, -0.25) is 14.3 Å². The van der Waals surface area contributed by atoms with Gasteiger partial charge >= 0.3 is 0 Å². The number of hydrogen-bond donors (Lipinski definition) is 0. The first kappa shape index (κ1) is 22.0.